The Bertz CT molecular complexity index is 132. The van der Waals surface area contributed by atoms with Crippen molar-refractivity contribution in [1.29, 1.82) is 0 Å². The van der Waals surface area contributed by atoms with Gasteiger partial charge in [-0.15, -0.1) is 0 Å². The molecular formula is C10H20O2. The number of rotatable bonds is 6. The molecule has 0 saturated heterocycles. The second kappa shape index (κ2) is 4.24. The van der Waals surface area contributed by atoms with Crippen LogP contribution in [0.2, 0.25) is 0 Å². The Morgan fingerprint density at radius 2 is 2.17 bits per heavy atom. The van der Waals surface area contributed by atoms with Crippen molar-refractivity contribution in [2.45, 2.75) is 44.6 Å². The Hall–Kier alpha value is -0.0800. The van der Waals surface area contributed by atoms with Crippen LogP contribution in [0.4, 0.5) is 0 Å². The van der Waals surface area contributed by atoms with Crippen LogP contribution in [0.25, 0.3) is 0 Å². The van der Waals surface area contributed by atoms with Gasteiger partial charge in [-0.05, 0) is 25.2 Å². The summed E-state index contributed by atoms with van der Waals surface area (Å²) in [4.78, 5) is 0. The van der Waals surface area contributed by atoms with Crippen molar-refractivity contribution in [2.24, 2.45) is 5.92 Å². The van der Waals surface area contributed by atoms with Gasteiger partial charge in [0.05, 0.1) is 12.2 Å². The highest BCUT2D eigenvalue weighted by Crippen LogP contribution is 2.35. The largest absolute Gasteiger partial charge is 0.387 e. The van der Waals surface area contributed by atoms with Gasteiger partial charge >= 0.3 is 0 Å². The first kappa shape index (κ1) is 10.0. The van der Waals surface area contributed by atoms with Gasteiger partial charge in [0.2, 0.25) is 0 Å². The highest BCUT2D eigenvalue weighted by molar-refractivity contribution is 4.81. The Morgan fingerprint density at radius 1 is 1.50 bits per heavy atom. The number of aliphatic hydroxyl groups is 1. The molecule has 0 amide bonds. The minimum atomic E-state index is -0.558. The van der Waals surface area contributed by atoms with Crippen LogP contribution in [0.5, 0.6) is 0 Å². The fourth-order valence-electron chi connectivity index (χ4n) is 1.50. The molecule has 2 nitrogen and oxygen atoms in total. The summed E-state index contributed by atoms with van der Waals surface area (Å²) in [7, 11) is 1.65. The fraction of sp³-hybridized carbons (Fsp3) is 1.00. The van der Waals surface area contributed by atoms with E-state index in [4.69, 9.17) is 4.74 Å². The van der Waals surface area contributed by atoms with E-state index < -0.39 is 5.60 Å². The zero-order valence-electron chi connectivity index (χ0n) is 8.18. The molecule has 0 aliphatic heterocycles. The van der Waals surface area contributed by atoms with Crippen LogP contribution >= 0.6 is 0 Å². The molecular weight excluding hydrogens is 152 g/mol. The highest BCUT2D eigenvalue weighted by atomic mass is 16.5. The van der Waals surface area contributed by atoms with E-state index in [2.05, 4.69) is 0 Å². The van der Waals surface area contributed by atoms with Gasteiger partial charge in [-0.2, -0.15) is 0 Å². The molecule has 0 bridgehead atoms. The summed E-state index contributed by atoms with van der Waals surface area (Å²) in [5, 5.41) is 9.97. The number of methoxy groups -OCH3 is 1. The van der Waals surface area contributed by atoms with Crippen LogP contribution in [-0.2, 0) is 4.74 Å². The third-order valence-electron chi connectivity index (χ3n) is 2.79. The molecule has 12 heavy (non-hydrogen) atoms. The normalized spacial score (nSPS) is 22.2. The van der Waals surface area contributed by atoms with E-state index >= 15 is 0 Å². The summed E-state index contributed by atoms with van der Waals surface area (Å²) < 4.78 is 5.00. The first-order valence-electron chi connectivity index (χ1n) is 4.91. The predicted molar refractivity (Wildman–Crippen MR) is 49.1 cm³/mol. The number of hydrogen-bond donors (Lipinski definition) is 1. The maximum Gasteiger partial charge on any atom is 0.0877 e. The summed E-state index contributed by atoms with van der Waals surface area (Å²) in [6.45, 7) is 2.50. The Balaban J connectivity index is 2.20. The van der Waals surface area contributed by atoms with Gasteiger partial charge in [0, 0.05) is 7.11 Å². The lowest BCUT2D eigenvalue weighted by Crippen LogP contribution is -2.33. The van der Waals surface area contributed by atoms with E-state index in [9.17, 15) is 5.11 Å². The van der Waals surface area contributed by atoms with Gasteiger partial charge in [-0.1, -0.05) is 19.8 Å². The molecule has 1 rings (SSSR count). The molecule has 0 spiro atoms. The molecule has 72 valence electrons. The van der Waals surface area contributed by atoms with Crippen molar-refractivity contribution < 1.29 is 9.84 Å². The van der Waals surface area contributed by atoms with E-state index in [0.29, 0.717) is 6.61 Å². The molecule has 1 unspecified atom stereocenters. The van der Waals surface area contributed by atoms with E-state index in [-0.39, 0.29) is 0 Å². The zero-order valence-corrected chi connectivity index (χ0v) is 8.18. The van der Waals surface area contributed by atoms with Crippen LogP contribution in [0.3, 0.4) is 0 Å². The molecule has 0 aromatic rings. The van der Waals surface area contributed by atoms with Crippen LogP contribution in [-0.4, -0.2) is 24.4 Å². The monoisotopic (exact) mass is 172 g/mol. The standard InChI is InChI=1S/C10H20O2/c1-3-10(11,8-12-2)7-6-9-4-5-9/h9,11H,3-8H2,1-2H3. The number of ether oxygens (including phenoxy) is 1. The van der Waals surface area contributed by atoms with E-state index in [0.717, 1.165) is 18.8 Å². The van der Waals surface area contributed by atoms with Crippen molar-refractivity contribution in [3.8, 4) is 0 Å². The predicted octanol–water partition coefficient (Wildman–Crippen LogP) is 1.96. The molecule has 1 aliphatic carbocycles. The maximum absolute atomic E-state index is 9.97. The average molecular weight is 172 g/mol. The Labute approximate surface area is 74.9 Å². The van der Waals surface area contributed by atoms with E-state index in [1.807, 2.05) is 6.92 Å². The molecule has 0 aromatic heterocycles. The van der Waals surface area contributed by atoms with Crippen LogP contribution in [0.15, 0.2) is 0 Å². The Kier molecular flexibility index (Phi) is 3.53. The molecule has 0 radical (unpaired) electrons. The molecule has 1 aliphatic rings. The summed E-state index contributed by atoms with van der Waals surface area (Å²) in [6.07, 6.45) is 5.61. The molecule has 0 aromatic carbocycles. The van der Waals surface area contributed by atoms with Gasteiger partial charge in [-0.3, -0.25) is 0 Å². The smallest absolute Gasteiger partial charge is 0.0877 e. The summed E-state index contributed by atoms with van der Waals surface area (Å²) in [6, 6.07) is 0. The van der Waals surface area contributed by atoms with Crippen LogP contribution in [0.1, 0.15) is 39.0 Å². The molecule has 1 N–H and O–H groups in total. The lowest BCUT2D eigenvalue weighted by molar-refractivity contribution is -0.0418. The van der Waals surface area contributed by atoms with Crippen molar-refractivity contribution in [3.63, 3.8) is 0 Å². The van der Waals surface area contributed by atoms with E-state index in [1.54, 1.807) is 7.11 Å². The summed E-state index contributed by atoms with van der Waals surface area (Å²) >= 11 is 0. The summed E-state index contributed by atoms with van der Waals surface area (Å²) in [5.41, 5.74) is -0.558. The van der Waals surface area contributed by atoms with Crippen molar-refractivity contribution >= 4 is 0 Å². The average Bonchev–Trinajstić information content (AvgIpc) is 2.85. The second-order valence-electron chi connectivity index (χ2n) is 3.99. The van der Waals surface area contributed by atoms with Gasteiger partial charge in [0.1, 0.15) is 0 Å². The topological polar surface area (TPSA) is 29.5 Å². The minimum absolute atomic E-state index is 0.482. The van der Waals surface area contributed by atoms with Crippen LogP contribution < -0.4 is 0 Å². The first-order valence-corrected chi connectivity index (χ1v) is 4.91. The summed E-state index contributed by atoms with van der Waals surface area (Å²) in [5.74, 6) is 0.903. The highest BCUT2D eigenvalue weighted by Gasteiger charge is 2.29. The lowest BCUT2D eigenvalue weighted by Gasteiger charge is -2.25. The molecule has 1 fully saturated rings. The second-order valence-corrected chi connectivity index (χ2v) is 3.99. The lowest BCUT2D eigenvalue weighted by atomic mass is 9.94. The van der Waals surface area contributed by atoms with Gasteiger partial charge in [0.25, 0.3) is 0 Å². The molecule has 0 heterocycles. The van der Waals surface area contributed by atoms with Gasteiger partial charge in [0.15, 0.2) is 0 Å². The third kappa shape index (κ3) is 3.11. The van der Waals surface area contributed by atoms with Gasteiger partial charge < -0.3 is 9.84 Å². The van der Waals surface area contributed by atoms with E-state index in [1.165, 1.54) is 19.3 Å². The van der Waals surface area contributed by atoms with Crippen LogP contribution in [0, 0.1) is 5.92 Å². The quantitative estimate of drug-likeness (QED) is 0.663. The number of hydrogen-bond acceptors (Lipinski definition) is 2. The van der Waals surface area contributed by atoms with Crippen molar-refractivity contribution in [2.75, 3.05) is 13.7 Å². The van der Waals surface area contributed by atoms with Crippen molar-refractivity contribution in [1.82, 2.24) is 0 Å². The van der Waals surface area contributed by atoms with Gasteiger partial charge in [-0.25, -0.2) is 0 Å². The molecule has 1 atom stereocenters. The maximum atomic E-state index is 9.97. The SMILES string of the molecule is CCC(O)(CCC1CC1)COC. The molecule has 2 heteroatoms. The van der Waals surface area contributed by atoms with Crippen molar-refractivity contribution in [3.05, 3.63) is 0 Å². The zero-order chi connectivity index (χ0) is 9.03. The minimum Gasteiger partial charge on any atom is -0.387 e. The third-order valence-corrected chi connectivity index (χ3v) is 2.79. The fourth-order valence-corrected chi connectivity index (χ4v) is 1.50. The Morgan fingerprint density at radius 3 is 2.58 bits per heavy atom. The first-order chi connectivity index (χ1) is 5.70. The molecule has 1 saturated carbocycles.